The third-order valence-electron chi connectivity index (χ3n) is 5.18. The van der Waals surface area contributed by atoms with E-state index in [2.05, 4.69) is 5.32 Å². The van der Waals surface area contributed by atoms with Gasteiger partial charge in [0.2, 0.25) is 0 Å². The van der Waals surface area contributed by atoms with Crippen LogP contribution in [0.2, 0.25) is 5.02 Å². The molecule has 0 aliphatic carbocycles. The lowest BCUT2D eigenvalue weighted by Gasteiger charge is -2.13. The highest BCUT2D eigenvalue weighted by atomic mass is 35.5. The maximum Gasteiger partial charge on any atom is 0.251 e. The molecule has 3 aromatic carbocycles. The smallest absolute Gasteiger partial charge is 0.251 e. The van der Waals surface area contributed by atoms with Crippen LogP contribution < -0.4 is 5.32 Å². The Labute approximate surface area is 206 Å². The highest BCUT2D eigenvalue weighted by molar-refractivity contribution is 7.90. The van der Waals surface area contributed by atoms with Crippen molar-refractivity contribution in [2.24, 2.45) is 0 Å². The fourth-order valence-electron chi connectivity index (χ4n) is 3.41. The van der Waals surface area contributed by atoms with Gasteiger partial charge in [0.25, 0.3) is 5.91 Å². The molecule has 6 nitrogen and oxygen atoms in total. The SMILES string of the molecule is CC(=O)CCCNC(=O)c1cc(Cl)c(O)c(S(=O)(=O)Cc2cc(-c3ccccc3)c(F)cc2F)c1. The van der Waals surface area contributed by atoms with Gasteiger partial charge in [-0.15, -0.1) is 0 Å². The first-order valence-corrected chi connectivity index (χ1v) is 12.6. The van der Waals surface area contributed by atoms with Crippen molar-refractivity contribution < 1.29 is 31.9 Å². The summed E-state index contributed by atoms with van der Waals surface area (Å²) in [5.41, 5.74) is -0.0188. The van der Waals surface area contributed by atoms with E-state index in [1.54, 1.807) is 30.3 Å². The zero-order valence-electron chi connectivity index (χ0n) is 18.6. The molecule has 2 N–H and O–H groups in total. The number of amides is 1. The largest absolute Gasteiger partial charge is 0.505 e. The Balaban J connectivity index is 1.92. The number of carbonyl (C=O) groups is 2. The van der Waals surface area contributed by atoms with Gasteiger partial charge in [0, 0.05) is 35.7 Å². The third kappa shape index (κ3) is 6.43. The van der Waals surface area contributed by atoms with Crippen LogP contribution in [-0.4, -0.2) is 31.8 Å². The van der Waals surface area contributed by atoms with Gasteiger partial charge in [-0.2, -0.15) is 0 Å². The van der Waals surface area contributed by atoms with Crippen LogP contribution >= 0.6 is 11.6 Å². The van der Waals surface area contributed by atoms with Crippen LogP contribution in [0, 0.1) is 11.6 Å². The lowest BCUT2D eigenvalue weighted by Crippen LogP contribution is -2.25. The maximum absolute atomic E-state index is 14.5. The summed E-state index contributed by atoms with van der Waals surface area (Å²) in [7, 11) is -4.41. The summed E-state index contributed by atoms with van der Waals surface area (Å²) in [6, 6.07) is 12.0. The lowest BCUT2D eigenvalue weighted by atomic mass is 10.0. The highest BCUT2D eigenvalue weighted by Crippen LogP contribution is 2.35. The van der Waals surface area contributed by atoms with Crippen molar-refractivity contribution >= 4 is 33.1 Å². The van der Waals surface area contributed by atoms with Crippen molar-refractivity contribution in [3.05, 3.63) is 82.4 Å². The molecule has 1 amide bonds. The van der Waals surface area contributed by atoms with Crippen LogP contribution in [0.15, 0.2) is 59.5 Å². The number of aromatic hydroxyl groups is 1. The van der Waals surface area contributed by atoms with E-state index in [4.69, 9.17) is 11.6 Å². The minimum atomic E-state index is -4.41. The van der Waals surface area contributed by atoms with Gasteiger partial charge in [-0.05, 0) is 37.1 Å². The quantitative estimate of drug-likeness (QED) is 0.383. The Bertz CT molecular complexity index is 1380. The van der Waals surface area contributed by atoms with Crippen LogP contribution in [0.4, 0.5) is 8.78 Å². The Morgan fingerprint density at radius 1 is 1.03 bits per heavy atom. The summed E-state index contributed by atoms with van der Waals surface area (Å²) < 4.78 is 55.2. The maximum atomic E-state index is 14.5. The molecule has 0 saturated carbocycles. The first kappa shape index (κ1) is 26.3. The summed E-state index contributed by atoms with van der Waals surface area (Å²) in [6.07, 6.45) is 0.663. The number of hydrogen-bond donors (Lipinski definition) is 2. The molecule has 0 bridgehead atoms. The minimum Gasteiger partial charge on any atom is -0.505 e. The summed E-state index contributed by atoms with van der Waals surface area (Å²) in [5, 5.41) is 12.5. The van der Waals surface area contributed by atoms with E-state index in [9.17, 15) is 31.9 Å². The zero-order chi connectivity index (χ0) is 25.8. The molecule has 35 heavy (non-hydrogen) atoms. The average Bonchev–Trinajstić information content (AvgIpc) is 2.80. The number of benzene rings is 3. The molecule has 0 atom stereocenters. The topological polar surface area (TPSA) is 101 Å². The van der Waals surface area contributed by atoms with Gasteiger partial charge in [-0.25, -0.2) is 17.2 Å². The second-order valence-electron chi connectivity index (χ2n) is 7.91. The summed E-state index contributed by atoms with van der Waals surface area (Å²) in [6.45, 7) is 1.59. The Morgan fingerprint density at radius 2 is 1.71 bits per heavy atom. The molecule has 0 aliphatic heterocycles. The number of carbonyl (C=O) groups excluding carboxylic acids is 2. The van der Waals surface area contributed by atoms with E-state index in [-0.39, 0.29) is 40.5 Å². The molecule has 10 heteroatoms. The number of halogens is 3. The van der Waals surface area contributed by atoms with E-state index in [0.29, 0.717) is 18.1 Å². The predicted molar refractivity (Wildman–Crippen MR) is 128 cm³/mol. The Morgan fingerprint density at radius 3 is 2.37 bits per heavy atom. The molecule has 0 radical (unpaired) electrons. The lowest BCUT2D eigenvalue weighted by molar-refractivity contribution is -0.117. The molecule has 0 heterocycles. The first-order valence-electron chi connectivity index (χ1n) is 10.6. The standard InChI is InChI=1S/C25H22ClF2NO5S/c1-15(30)6-5-9-29-25(32)17-11-20(26)24(31)23(12-17)35(33,34)14-18-10-19(22(28)13-21(18)27)16-7-3-2-4-8-16/h2-4,7-8,10-13,31H,5-6,9,14H2,1H3,(H,29,32). The van der Waals surface area contributed by atoms with Gasteiger partial charge in [0.05, 0.1) is 10.8 Å². The zero-order valence-corrected chi connectivity index (χ0v) is 20.2. The van der Waals surface area contributed by atoms with Gasteiger partial charge in [0.1, 0.15) is 22.3 Å². The van der Waals surface area contributed by atoms with Crippen LogP contribution in [0.3, 0.4) is 0 Å². The minimum absolute atomic E-state index is 0.0122. The van der Waals surface area contributed by atoms with Gasteiger partial charge in [-0.3, -0.25) is 4.79 Å². The number of rotatable bonds is 9. The monoisotopic (exact) mass is 521 g/mol. The van der Waals surface area contributed by atoms with E-state index in [1.165, 1.54) is 6.92 Å². The third-order valence-corrected chi connectivity index (χ3v) is 7.14. The second kappa shape index (κ2) is 11.0. The fraction of sp³-hybridized carbons (Fsp3) is 0.200. The molecule has 0 unspecified atom stereocenters. The number of phenols is 1. The fourth-order valence-corrected chi connectivity index (χ4v) is 5.18. The van der Waals surface area contributed by atoms with E-state index >= 15 is 0 Å². The van der Waals surface area contributed by atoms with E-state index in [0.717, 1.165) is 18.2 Å². The molecule has 0 fully saturated rings. The van der Waals surface area contributed by atoms with Gasteiger partial charge < -0.3 is 15.2 Å². The number of hydrogen-bond acceptors (Lipinski definition) is 5. The van der Waals surface area contributed by atoms with Crippen molar-refractivity contribution in [1.29, 1.82) is 0 Å². The molecule has 0 aliphatic rings. The summed E-state index contributed by atoms with van der Waals surface area (Å²) in [4.78, 5) is 22.8. The Hall–Kier alpha value is -3.30. The molecule has 3 rings (SSSR count). The van der Waals surface area contributed by atoms with Gasteiger partial charge >= 0.3 is 0 Å². The highest BCUT2D eigenvalue weighted by Gasteiger charge is 2.26. The number of phenolic OH excluding ortho intramolecular Hbond substituents is 1. The van der Waals surface area contributed by atoms with E-state index < -0.39 is 43.8 Å². The molecule has 3 aromatic rings. The van der Waals surface area contributed by atoms with Crippen LogP contribution in [0.25, 0.3) is 11.1 Å². The number of sulfone groups is 1. The van der Waals surface area contributed by atoms with Gasteiger partial charge in [-0.1, -0.05) is 41.9 Å². The molecule has 0 aromatic heterocycles. The normalized spacial score (nSPS) is 11.3. The number of nitrogens with one attached hydrogen (secondary N) is 1. The predicted octanol–water partition coefficient (Wildman–Crippen LogP) is 5.06. The second-order valence-corrected chi connectivity index (χ2v) is 10.3. The first-order chi connectivity index (χ1) is 16.5. The molecule has 0 spiro atoms. The van der Waals surface area contributed by atoms with Crippen LogP contribution in [0.5, 0.6) is 5.75 Å². The number of ketones is 1. The van der Waals surface area contributed by atoms with Crippen LogP contribution in [0.1, 0.15) is 35.7 Å². The van der Waals surface area contributed by atoms with Gasteiger partial charge in [0.15, 0.2) is 15.6 Å². The molecular formula is C25H22ClF2NO5S. The van der Waals surface area contributed by atoms with Crippen molar-refractivity contribution in [3.63, 3.8) is 0 Å². The van der Waals surface area contributed by atoms with Crippen LogP contribution in [-0.2, 0) is 20.4 Å². The van der Waals surface area contributed by atoms with Crippen molar-refractivity contribution in [2.45, 2.75) is 30.4 Å². The van der Waals surface area contributed by atoms with Crippen molar-refractivity contribution in [1.82, 2.24) is 5.32 Å². The Kier molecular flexibility index (Phi) is 8.24. The van der Waals surface area contributed by atoms with E-state index in [1.807, 2.05) is 0 Å². The molecular weight excluding hydrogens is 500 g/mol. The van der Waals surface area contributed by atoms with Crippen molar-refractivity contribution in [3.8, 4) is 16.9 Å². The van der Waals surface area contributed by atoms with Crippen molar-refractivity contribution in [2.75, 3.05) is 6.54 Å². The number of Topliss-reactive ketones (excluding diaryl/α,β-unsaturated/α-hetero) is 1. The average molecular weight is 522 g/mol. The summed E-state index contributed by atoms with van der Waals surface area (Å²) in [5.74, 6) is -4.33. The molecule has 184 valence electrons. The summed E-state index contributed by atoms with van der Waals surface area (Å²) >= 11 is 5.97. The molecule has 0 saturated heterocycles.